The van der Waals surface area contributed by atoms with Gasteiger partial charge in [-0.3, -0.25) is 0 Å². The second-order valence-electron chi connectivity index (χ2n) is 4.50. The molecule has 0 aliphatic heterocycles. The molecule has 0 radical (unpaired) electrons. The van der Waals surface area contributed by atoms with Gasteiger partial charge in [0, 0.05) is 11.6 Å². The Morgan fingerprint density at radius 1 is 1.00 bits per heavy atom. The van der Waals surface area contributed by atoms with E-state index in [1.54, 1.807) is 12.1 Å². The summed E-state index contributed by atoms with van der Waals surface area (Å²) in [7, 11) is 1.38. The molecule has 0 fully saturated rings. The summed E-state index contributed by atoms with van der Waals surface area (Å²) < 4.78 is 4.68. The Hall–Kier alpha value is -2.29. The second kappa shape index (κ2) is 5.57. The summed E-state index contributed by atoms with van der Waals surface area (Å²) in [4.78, 5) is 11.4. The van der Waals surface area contributed by atoms with Crippen LogP contribution in [-0.2, 0) is 4.74 Å². The van der Waals surface area contributed by atoms with Gasteiger partial charge in [-0.05, 0) is 35.4 Å². The first kappa shape index (κ1) is 13.1. The summed E-state index contributed by atoms with van der Waals surface area (Å²) in [6.45, 7) is 2.12. The minimum Gasteiger partial charge on any atom is -0.465 e. The van der Waals surface area contributed by atoms with E-state index in [2.05, 4.69) is 11.7 Å². The van der Waals surface area contributed by atoms with E-state index in [1.165, 1.54) is 12.7 Å². The number of esters is 1. The fraction of sp³-hybridized carbons (Fsp3) is 0.188. The number of benzene rings is 2. The summed E-state index contributed by atoms with van der Waals surface area (Å²) in [5.41, 5.74) is 9.35. The average Bonchev–Trinajstić information content (AvgIpc) is 2.46. The number of hydrogen-bond donors (Lipinski definition) is 1. The molecule has 3 heteroatoms. The molecular weight excluding hydrogens is 238 g/mol. The average molecular weight is 255 g/mol. The van der Waals surface area contributed by atoms with Gasteiger partial charge in [0.05, 0.1) is 12.7 Å². The zero-order chi connectivity index (χ0) is 13.8. The molecule has 0 aliphatic rings. The van der Waals surface area contributed by atoms with Gasteiger partial charge in [0.15, 0.2) is 0 Å². The van der Waals surface area contributed by atoms with E-state index in [0.717, 1.165) is 11.3 Å². The molecule has 2 rings (SSSR count). The van der Waals surface area contributed by atoms with Crippen molar-refractivity contribution in [3.05, 3.63) is 65.2 Å². The number of carbonyl (C=O) groups excluding carboxylic acids is 1. The summed E-state index contributed by atoms with van der Waals surface area (Å²) in [6.07, 6.45) is 0. The van der Waals surface area contributed by atoms with Crippen molar-refractivity contribution in [2.24, 2.45) is 0 Å². The highest BCUT2D eigenvalue weighted by Crippen LogP contribution is 2.25. The number of ether oxygens (including phenoxy) is 1. The van der Waals surface area contributed by atoms with Crippen LogP contribution in [0.1, 0.15) is 34.3 Å². The van der Waals surface area contributed by atoms with Gasteiger partial charge >= 0.3 is 5.97 Å². The number of rotatable bonds is 3. The summed E-state index contributed by atoms with van der Waals surface area (Å²) in [5.74, 6) is -0.0565. The highest BCUT2D eigenvalue weighted by molar-refractivity contribution is 5.89. The molecule has 2 aromatic carbocycles. The van der Waals surface area contributed by atoms with Gasteiger partial charge in [-0.25, -0.2) is 4.79 Å². The van der Waals surface area contributed by atoms with Crippen LogP contribution >= 0.6 is 0 Å². The third-order valence-electron chi connectivity index (χ3n) is 3.27. The van der Waals surface area contributed by atoms with Crippen LogP contribution in [0.15, 0.2) is 48.5 Å². The molecule has 98 valence electrons. The minimum atomic E-state index is -0.313. The first-order chi connectivity index (χ1) is 9.11. The van der Waals surface area contributed by atoms with Crippen molar-refractivity contribution in [3.63, 3.8) is 0 Å². The molecular formula is C16H17NO2. The third-order valence-corrected chi connectivity index (χ3v) is 3.27. The van der Waals surface area contributed by atoms with Gasteiger partial charge in [0.25, 0.3) is 0 Å². The van der Waals surface area contributed by atoms with Crippen LogP contribution in [0.3, 0.4) is 0 Å². The number of nitrogens with two attached hydrogens (primary N) is 1. The zero-order valence-corrected chi connectivity index (χ0v) is 11.1. The first-order valence-electron chi connectivity index (χ1n) is 6.15. The third kappa shape index (κ3) is 2.94. The molecule has 1 atom stereocenters. The maximum atomic E-state index is 11.4. The van der Waals surface area contributed by atoms with Gasteiger partial charge in [0.2, 0.25) is 0 Å². The van der Waals surface area contributed by atoms with Crippen LogP contribution < -0.4 is 5.73 Å². The molecule has 0 bridgehead atoms. The normalized spacial score (nSPS) is 11.9. The standard InChI is InChI=1S/C16H17NO2/c1-11(13-7-9-15(17)10-8-13)12-3-5-14(6-4-12)16(18)19-2/h3-11H,17H2,1-2H3. The van der Waals surface area contributed by atoms with E-state index >= 15 is 0 Å². The predicted octanol–water partition coefficient (Wildman–Crippen LogP) is 3.21. The molecule has 0 spiro atoms. The molecule has 0 aliphatic carbocycles. The molecule has 0 heterocycles. The second-order valence-corrected chi connectivity index (χ2v) is 4.50. The van der Waals surface area contributed by atoms with Gasteiger partial charge in [-0.1, -0.05) is 31.2 Å². The van der Waals surface area contributed by atoms with Gasteiger partial charge < -0.3 is 10.5 Å². The molecule has 1 unspecified atom stereocenters. The molecule has 0 amide bonds. The summed E-state index contributed by atoms with van der Waals surface area (Å²) >= 11 is 0. The SMILES string of the molecule is COC(=O)c1ccc(C(C)c2ccc(N)cc2)cc1. The van der Waals surface area contributed by atoms with Crippen molar-refractivity contribution in [2.75, 3.05) is 12.8 Å². The molecule has 2 aromatic rings. The monoisotopic (exact) mass is 255 g/mol. The Labute approximate surface area is 113 Å². The molecule has 0 aromatic heterocycles. The quantitative estimate of drug-likeness (QED) is 0.676. The van der Waals surface area contributed by atoms with Crippen molar-refractivity contribution in [1.29, 1.82) is 0 Å². The van der Waals surface area contributed by atoms with Crippen molar-refractivity contribution in [1.82, 2.24) is 0 Å². The topological polar surface area (TPSA) is 52.3 Å². The number of nitrogen functional groups attached to an aromatic ring is 1. The zero-order valence-electron chi connectivity index (χ0n) is 11.1. The Bertz CT molecular complexity index is 558. The van der Waals surface area contributed by atoms with Gasteiger partial charge in [-0.15, -0.1) is 0 Å². The maximum Gasteiger partial charge on any atom is 0.337 e. The minimum absolute atomic E-state index is 0.257. The lowest BCUT2D eigenvalue weighted by atomic mass is 9.92. The number of carbonyl (C=O) groups is 1. The highest BCUT2D eigenvalue weighted by Gasteiger charge is 2.10. The van der Waals surface area contributed by atoms with Crippen molar-refractivity contribution in [3.8, 4) is 0 Å². The fourth-order valence-electron chi connectivity index (χ4n) is 2.00. The Morgan fingerprint density at radius 3 is 1.95 bits per heavy atom. The van der Waals surface area contributed by atoms with Gasteiger partial charge in [0.1, 0.15) is 0 Å². The first-order valence-corrected chi connectivity index (χ1v) is 6.15. The largest absolute Gasteiger partial charge is 0.465 e. The smallest absolute Gasteiger partial charge is 0.337 e. The molecule has 0 saturated carbocycles. The number of hydrogen-bond acceptors (Lipinski definition) is 3. The van der Waals surface area contributed by atoms with Gasteiger partial charge in [-0.2, -0.15) is 0 Å². The lowest BCUT2D eigenvalue weighted by Crippen LogP contribution is -2.02. The lowest BCUT2D eigenvalue weighted by molar-refractivity contribution is 0.0600. The predicted molar refractivity (Wildman–Crippen MR) is 76.2 cm³/mol. The Morgan fingerprint density at radius 2 is 1.47 bits per heavy atom. The summed E-state index contributed by atoms with van der Waals surface area (Å²) in [6, 6.07) is 15.3. The van der Waals surface area contributed by atoms with E-state index in [0.29, 0.717) is 5.56 Å². The van der Waals surface area contributed by atoms with Crippen molar-refractivity contribution >= 4 is 11.7 Å². The molecule has 2 N–H and O–H groups in total. The number of methoxy groups -OCH3 is 1. The molecule has 19 heavy (non-hydrogen) atoms. The Balaban J connectivity index is 2.22. The van der Waals surface area contributed by atoms with Crippen molar-refractivity contribution in [2.45, 2.75) is 12.8 Å². The van der Waals surface area contributed by atoms with Crippen LogP contribution in [0.2, 0.25) is 0 Å². The lowest BCUT2D eigenvalue weighted by Gasteiger charge is -2.13. The number of anilines is 1. The Kier molecular flexibility index (Phi) is 3.85. The van der Waals surface area contributed by atoms with Crippen LogP contribution in [0, 0.1) is 0 Å². The fourth-order valence-corrected chi connectivity index (χ4v) is 2.00. The molecule has 3 nitrogen and oxygen atoms in total. The van der Waals surface area contributed by atoms with Crippen LogP contribution in [-0.4, -0.2) is 13.1 Å². The maximum absolute atomic E-state index is 11.4. The van der Waals surface area contributed by atoms with E-state index in [9.17, 15) is 4.79 Å². The van der Waals surface area contributed by atoms with E-state index in [4.69, 9.17) is 5.73 Å². The van der Waals surface area contributed by atoms with E-state index in [1.807, 2.05) is 36.4 Å². The van der Waals surface area contributed by atoms with E-state index < -0.39 is 0 Å². The van der Waals surface area contributed by atoms with E-state index in [-0.39, 0.29) is 11.9 Å². The van der Waals surface area contributed by atoms with Crippen molar-refractivity contribution < 1.29 is 9.53 Å². The van der Waals surface area contributed by atoms with Crippen LogP contribution in [0.4, 0.5) is 5.69 Å². The molecule has 0 saturated heterocycles. The van der Waals surface area contributed by atoms with Crippen LogP contribution in [0.5, 0.6) is 0 Å². The highest BCUT2D eigenvalue weighted by atomic mass is 16.5. The summed E-state index contributed by atoms with van der Waals surface area (Å²) in [5, 5.41) is 0. The van der Waals surface area contributed by atoms with Crippen LogP contribution in [0.25, 0.3) is 0 Å².